The highest BCUT2D eigenvalue weighted by molar-refractivity contribution is 5.94. The summed E-state index contributed by atoms with van der Waals surface area (Å²) < 4.78 is 18.5. The van der Waals surface area contributed by atoms with Crippen LogP contribution in [-0.4, -0.2) is 80.0 Å². The summed E-state index contributed by atoms with van der Waals surface area (Å²) in [6.07, 6.45) is 2.02. The molecule has 5 atom stereocenters. The minimum atomic E-state index is -1.87. The third kappa shape index (κ3) is 6.21. The number of carbonyl (C=O) groups excluding carboxylic acids is 2. The van der Waals surface area contributed by atoms with Gasteiger partial charge in [-0.1, -0.05) is 20.3 Å². The van der Waals surface area contributed by atoms with Crippen molar-refractivity contribution in [3.05, 3.63) is 24.2 Å². The average molecular weight is 545 g/mol. The quantitative estimate of drug-likeness (QED) is 0.192. The Kier molecular flexibility index (Phi) is 9.14. The number of fused-ring (bicyclic) bond motifs is 1. The number of rotatable bonds is 10. The van der Waals surface area contributed by atoms with Crippen molar-refractivity contribution in [2.75, 3.05) is 18.7 Å². The Balaban J connectivity index is 1.38. The lowest BCUT2D eigenvalue weighted by atomic mass is 9.96. The van der Waals surface area contributed by atoms with Crippen molar-refractivity contribution >= 4 is 23.2 Å². The van der Waals surface area contributed by atoms with Crippen molar-refractivity contribution in [3.8, 4) is 6.07 Å². The Morgan fingerprint density at radius 1 is 1.26 bits per heavy atom. The number of carbonyl (C=O) groups is 2. The molecule has 13 heteroatoms. The second-order valence-corrected chi connectivity index (χ2v) is 10.4. The summed E-state index contributed by atoms with van der Waals surface area (Å²) in [5, 5.41) is 41.4. The summed E-state index contributed by atoms with van der Waals surface area (Å²) >= 11 is 0. The van der Waals surface area contributed by atoms with E-state index in [0.717, 1.165) is 32.1 Å². The summed E-state index contributed by atoms with van der Waals surface area (Å²) in [6, 6.07) is 4.57. The molecule has 0 bridgehead atoms. The first-order chi connectivity index (χ1) is 18.7. The van der Waals surface area contributed by atoms with Crippen LogP contribution in [0.3, 0.4) is 0 Å². The minimum absolute atomic E-state index is 0.0586. The molecule has 2 aromatic heterocycles. The Labute approximate surface area is 226 Å². The second kappa shape index (κ2) is 12.4. The molecule has 0 unspecified atom stereocenters. The number of amides is 1. The first-order valence-electron chi connectivity index (χ1n) is 13.3. The van der Waals surface area contributed by atoms with Gasteiger partial charge in [-0.15, -0.1) is 0 Å². The number of aromatic nitrogens is 3. The molecule has 2 aromatic rings. The van der Waals surface area contributed by atoms with Gasteiger partial charge < -0.3 is 29.7 Å². The van der Waals surface area contributed by atoms with E-state index in [1.165, 1.54) is 10.8 Å². The topological polar surface area (TPSA) is 180 Å². The molecular formula is C26H36N6O7. The van der Waals surface area contributed by atoms with Crippen molar-refractivity contribution in [2.24, 2.45) is 5.92 Å². The number of esters is 1. The highest BCUT2D eigenvalue weighted by Crippen LogP contribution is 2.40. The standard InChI is InChI=1S/C26H36N6O7/c1-15(2)24(35)31-23-19-10-9-18(32(19)30-13-28-23)21-20(33)22(34)26(11-27,39-21)12-37-14-29-16(3)25(36)38-17-7-5-4-6-8-17/h9-10,13,15-17,20-22,29,33-34H,4-8,12,14H2,1-3H3,(H,28,30,31,35)/t16-,20-,21-,22-,26+/m0/s1. The Bertz CT molecular complexity index is 1210. The molecule has 2 fully saturated rings. The van der Waals surface area contributed by atoms with E-state index < -0.39 is 30.0 Å². The minimum Gasteiger partial charge on any atom is -0.461 e. The SMILES string of the molecule is CC(C)C(=O)Nc1ncnn2c([C@@H]3O[C@](C#N)(COCN[C@@H](C)C(=O)OC4CCCCC4)[C@@H](O)[C@H]3O)ccc12. The summed E-state index contributed by atoms with van der Waals surface area (Å²) in [7, 11) is 0. The van der Waals surface area contributed by atoms with Crippen LogP contribution >= 0.6 is 0 Å². The fourth-order valence-electron chi connectivity index (χ4n) is 4.73. The van der Waals surface area contributed by atoms with Gasteiger partial charge in [-0.05, 0) is 44.7 Å². The molecule has 4 N–H and O–H groups in total. The number of hydrogen-bond acceptors (Lipinski definition) is 11. The van der Waals surface area contributed by atoms with Crippen LogP contribution in [0.25, 0.3) is 5.52 Å². The Hall–Kier alpha value is -3.15. The summed E-state index contributed by atoms with van der Waals surface area (Å²) in [5.74, 6) is -0.586. The molecule has 1 amide bonds. The van der Waals surface area contributed by atoms with E-state index in [-0.39, 0.29) is 43.1 Å². The number of anilines is 1. The van der Waals surface area contributed by atoms with E-state index in [2.05, 4.69) is 20.7 Å². The molecule has 1 aliphatic carbocycles. The maximum atomic E-state index is 12.3. The highest BCUT2D eigenvalue weighted by atomic mass is 16.6. The van der Waals surface area contributed by atoms with Crippen molar-refractivity contribution < 1.29 is 34.0 Å². The van der Waals surface area contributed by atoms with Gasteiger partial charge in [-0.3, -0.25) is 14.9 Å². The van der Waals surface area contributed by atoms with E-state index >= 15 is 0 Å². The van der Waals surface area contributed by atoms with Gasteiger partial charge in [0.15, 0.2) is 5.82 Å². The van der Waals surface area contributed by atoms with Gasteiger partial charge in [0.1, 0.15) is 48.4 Å². The van der Waals surface area contributed by atoms with Crippen LogP contribution in [0.15, 0.2) is 18.5 Å². The average Bonchev–Trinajstić information content (AvgIpc) is 3.47. The molecule has 212 valence electrons. The number of nitriles is 1. The monoisotopic (exact) mass is 544 g/mol. The molecule has 13 nitrogen and oxygen atoms in total. The molecular weight excluding hydrogens is 508 g/mol. The van der Waals surface area contributed by atoms with Crippen LogP contribution < -0.4 is 10.6 Å². The summed E-state index contributed by atoms with van der Waals surface area (Å²) in [4.78, 5) is 28.6. The molecule has 0 aromatic carbocycles. The largest absolute Gasteiger partial charge is 0.461 e. The van der Waals surface area contributed by atoms with E-state index in [4.69, 9.17) is 14.2 Å². The van der Waals surface area contributed by atoms with E-state index in [9.17, 15) is 25.1 Å². The predicted octanol–water partition coefficient (Wildman–Crippen LogP) is 1.21. The zero-order valence-corrected chi connectivity index (χ0v) is 22.4. The van der Waals surface area contributed by atoms with Crippen LogP contribution in [0.2, 0.25) is 0 Å². The lowest BCUT2D eigenvalue weighted by Gasteiger charge is -2.25. The number of hydrogen-bond donors (Lipinski definition) is 4. The molecule has 4 rings (SSSR count). The maximum absolute atomic E-state index is 12.3. The van der Waals surface area contributed by atoms with E-state index in [1.54, 1.807) is 32.9 Å². The summed E-state index contributed by atoms with van der Waals surface area (Å²) in [5.41, 5.74) is -1.06. The van der Waals surface area contributed by atoms with Crippen molar-refractivity contribution in [2.45, 2.75) is 88.9 Å². The first-order valence-corrected chi connectivity index (χ1v) is 13.3. The molecule has 1 saturated heterocycles. The van der Waals surface area contributed by atoms with Crippen molar-refractivity contribution in [1.29, 1.82) is 5.26 Å². The molecule has 39 heavy (non-hydrogen) atoms. The van der Waals surface area contributed by atoms with Gasteiger partial charge in [0.25, 0.3) is 0 Å². The fourth-order valence-corrected chi connectivity index (χ4v) is 4.73. The predicted molar refractivity (Wildman–Crippen MR) is 137 cm³/mol. The molecule has 0 radical (unpaired) electrons. The van der Waals surface area contributed by atoms with Crippen molar-refractivity contribution in [3.63, 3.8) is 0 Å². The third-order valence-electron chi connectivity index (χ3n) is 7.17. The number of ether oxygens (including phenoxy) is 3. The molecule has 2 aliphatic rings. The smallest absolute Gasteiger partial charge is 0.323 e. The number of aliphatic hydroxyl groups is 2. The Morgan fingerprint density at radius 3 is 2.69 bits per heavy atom. The number of nitrogens with one attached hydrogen (secondary N) is 2. The fraction of sp³-hybridized carbons (Fsp3) is 0.654. The van der Waals surface area contributed by atoms with Crippen LogP contribution in [0.4, 0.5) is 5.82 Å². The zero-order chi connectivity index (χ0) is 28.2. The lowest BCUT2D eigenvalue weighted by molar-refractivity contribution is -0.153. The van der Waals surface area contributed by atoms with Gasteiger partial charge in [0, 0.05) is 5.92 Å². The molecule has 0 spiro atoms. The highest BCUT2D eigenvalue weighted by Gasteiger charge is 2.56. The molecule has 1 saturated carbocycles. The van der Waals surface area contributed by atoms with Gasteiger partial charge >= 0.3 is 5.97 Å². The van der Waals surface area contributed by atoms with Gasteiger partial charge in [-0.2, -0.15) is 10.4 Å². The third-order valence-corrected chi connectivity index (χ3v) is 7.17. The summed E-state index contributed by atoms with van der Waals surface area (Å²) in [6.45, 7) is 4.69. The van der Waals surface area contributed by atoms with Gasteiger partial charge in [-0.25, -0.2) is 9.50 Å². The molecule has 3 heterocycles. The number of aliphatic hydroxyl groups excluding tert-OH is 2. The Morgan fingerprint density at radius 2 is 2.00 bits per heavy atom. The van der Waals surface area contributed by atoms with Crippen LogP contribution in [0.1, 0.15) is 64.7 Å². The van der Waals surface area contributed by atoms with Gasteiger partial charge in [0.05, 0.1) is 19.0 Å². The first kappa shape index (κ1) is 28.8. The molecule has 1 aliphatic heterocycles. The normalized spacial score (nSPS) is 26.4. The van der Waals surface area contributed by atoms with Crippen LogP contribution in [0.5, 0.6) is 0 Å². The zero-order valence-electron chi connectivity index (χ0n) is 22.4. The van der Waals surface area contributed by atoms with Crippen LogP contribution in [-0.2, 0) is 23.8 Å². The van der Waals surface area contributed by atoms with E-state index in [0.29, 0.717) is 11.2 Å². The van der Waals surface area contributed by atoms with Gasteiger partial charge in [0.2, 0.25) is 11.5 Å². The van der Waals surface area contributed by atoms with Crippen molar-refractivity contribution in [1.82, 2.24) is 19.9 Å². The number of nitrogens with zero attached hydrogens (tertiary/aromatic N) is 4. The van der Waals surface area contributed by atoms with E-state index in [1.807, 2.05) is 6.07 Å². The second-order valence-electron chi connectivity index (χ2n) is 10.4. The van der Waals surface area contributed by atoms with Crippen LogP contribution in [0, 0.1) is 17.2 Å². The maximum Gasteiger partial charge on any atom is 0.323 e. The lowest BCUT2D eigenvalue weighted by Crippen LogP contribution is -2.47.